The van der Waals surface area contributed by atoms with E-state index in [-0.39, 0.29) is 5.54 Å². The van der Waals surface area contributed by atoms with Gasteiger partial charge in [0, 0.05) is 35.1 Å². The van der Waals surface area contributed by atoms with Crippen molar-refractivity contribution in [1.29, 1.82) is 0 Å². The van der Waals surface area contributed by atoms with Crippen molar-refractivity contribution in [3.05, 3.63) is 34.6 Å². The minimum Gasteiger partial charge on any atom is -0.419 e. The van der Waals surface area contributed by atoms with Gasteiger partial charge in [-0.15, -0.1) is 5.10 Å². The minimum atomic E-state index is 0.0392. The second kappa shape index (κ2) is 5.85. The van der Waals surface area contributed by atoms with Gasteiger partial charge in [0.25, 0.3) is 0 Å². The van der Waals surface area contributed by atoms with Gasteiger partial charge in [0.15, 0.2) is 0 Å². The molecule has 0 amide bonds. The number of H-pyrrole nitrogens is 1. The van der Waals surface area contributed by atoms with Gasteiger partial charge in [0.1, 0.15) is 0 Å². The molecule has 0 saturated carbocycles. The van der Waals surface area contributed by atoms with Gasteiger partial charge in [-0.3, -0.25) is 5.10 Å². The molecule has 0 aromatic carbocycles. The zero-order valence-electron chi connectivity index (χ0n) is 13.7. The van der Waals surface area contributed by atoms with E-state index in [1.807, 2.05) is 19.9 Å². The Morgan fingerprint density at radius 1 is 1.19 bits per heavy atom. The van der Waals surface area contributed by atoms with E-state index in [0.717, 1.165) is 17.0 Å². The Kier molecular flexibility index (Phi) is 4.32. The molecule has 2 rings (SSSR count). The first kappa shape index (κ1) is 15.5. The van der Waals surface area contributed by atoms with Crippen molar-refractivity contribution in [2.75, 3.05) is 0 Å². The molecular formula is C16H24N4O. The van der Waals surface area contributed by atoms with Crippen LogP contribution < -0.4 is 10.1 Å². The van der Waals surface area contributed by atoms with Crippen molar-refractivity contribution < 1.29 is 4.74 Å². The number of aryl methyl sites for hydroxylation is 3. The molecule has 0 aliphatic rings. The van der Waals surface area contributed by atoms with E-state index in [9.17, 15) is 0 Å². The fraction of sp³-hybridized carbons (Fsp3) is 0.500. The minimum absolute atomic E-state index is 0.0392. The third-order valence-corrected chi connectivity index (χ3v) is 3.12. The maximum atomic E-state index is 5.86. The smallest absolute Gasteiger partial charge is 0.240 e. The lowest BCUT2D eigenvalue weighted by Crippen LogP contribution is -2.35. The molecule has 0 spiro atoms. The van der Waals surface area contributed by atoms with Crippen molar-refractivity contribution in [3.8, 4) is 11.8 Å². The highest BCUT2D eigenvalue weighted by Crippen LogP contribution is 2.26. The molecule has 5 nitrogen and oxygen atoms in total. The lowest BCUT2D eigenvalue weighted by Gasteiger charge is -2.22. The lowest BCUT2D eigenvalue weighted by atomic mass is 10.1. The summed E-state index contributed by atoms with van der Waals surface area (Å²) in [5.74, 6) is 1.16. The molecule has 5 heteroatoms. The van der Waals surface area contributed by atoms with Gasteiger partial charge in [-0.2, -0.15) is 0 Å². The number of aromatic nitrogens is 3. The second-order valence-corrected chi connectivity index (χ2v) is 6.46. The molecule has 0 bridgehead atoms. The van der Waals surface area contributed by atoms with Crippen LogP contribution in [0.15, 0.2) is 12.1 Å². The van der Waals surface area contributed by atoms with Gasteiger partial charge >= 0.3 is 0 Å². The fourth-order valence-corrected chi connectivity index (χ4v) is 2.03. The number of aromatic amines is 1. The number of pyridine rings is 1. The third-order valence-electron chi connectivity index (χ3n) is 3.12. The summed E-state index contributed by atoms with van der Waals surface area (Å²) in [7, 11) is 0. The number of hydrogen-bond acceptors (Lipinski definition) is 4. The van der Waals surface area contributed by atoms with Crippen LogP contribution in [0, 0.1) is 20.8 Å². The molecule has 2 heterocycles. The number of ether oxygens (including phenoxy) is 1. The topological polar surface area (TPSA) is 62.8 Å². The SMILES string of the molecule is Cc1cc(C)c(CNC(C)(C)C)c(Oc2cc(C)[nH]n2)n1. The second-order valence-electron chi connectivity index (χ2n) is 6.46. The van der Waals surface area contributed by atoms with Crippen LogP contribution in [0.3, 0.4) is 0 Å². The van der Waals surface area contributed by atoms with E-state index < -0.39 is 0 Å². The van der Waals surface area contributed by atoms with Crippen LogP contribution in [-0.4, -0.2) is 20.7 Å². The highest BCUT2D eigenvalue weighted by atomic mass is 16.5. The lowest BCUT2D eigenvalue weighted by molar-refractivity contribution is 0.403. The summed E-state index contributed by atoms with van der Waals surface area (Å²) in [6, 6.07) is 3.93. The highest BCUT2D eigenvalue weighted by molar-refractivity contribution is 5.38. The van der Waals surface area contributed by atoms with Crippen molar-refractivity contribution >= 4 is 0 Å². The molecule has 2 aromatic heterocycles. The summed E-state index contributed by atoms with van der Waals surface area (Å²) in [5, 5.41) is 10.5. The normalized spacial score (nSPS) is 11.7. The molecule has 2 N–H and O–H groups in total. The van der Waals surface area contributed by atoms with Crippen LogP contribution >= 0.6 is 0 Å². The predicted octanol–water partition coefficient (Wildman–Crippen LogP) is 3.41. The quantitative estimate of drug-likeness (QED) is 0.905. The Morgan fingerprint density at radius 2 is 1.90 bits per heavy atom. The van der Waals surface area contributed by atoms with Crippen LogP contribution in [0.4, 0.5) is 0 Å². The fourth-order valence-electron chi connectivity index (χ4n) is 2.03. The Morgan fingerprint density at radius 3 is 2.48 bits per heavy atom. The zero-order valence-corrected chi connectivity index (χ0v) is 13.7. The van der Waals surface area contributed by atoms with Crippen molar-refractivity contribution in [2.45, 2.75) is 53.6 Å². The van der Waals surface area contributed by atoms with E-state index in [2.05, 4.69) is 54.3 Å². The molecule has 0 aliphatic carbocycles. The molecule has 21 heavy (non-hydrogen) atoms. The van der Waals surface area contributed by atoms with Crippen molar-refractivity contribution in [2.24, 2.45) is 0 Å². The van der Waals surface area contributed by atoms with Gasteiger partial charge in [0.2, 0.25) is 11.8 Å². The number of nitrogens with zero attached hydrogens (tertiary/aromatic N) is 2. The Labute approximate surface area is 126 Å². The molecule has 0 fully saturated rings. The summed E-state index contributed by atoms with van der Waals surface area (Å²) < 4.78 is 5.86. The molecule has 0 radical (unpaired) electrons. The van der Waals surface area contributed by atoms with Crippen molar-refractivity contribution in [1.82, 2.24) is 20.5 Å². The third kappa shape index (κ3) is 4.29. The van der Waals surface area contributed by atoms with E-state index in [1.165, 1.54) is 5.56 Å². The molecule has 0 aliphatic heterocycles. The Hall–Kier alpha value is -1.88. The van der Waals surface area contributed by atoms with Crippen LogP contribution in [0.2, 0.25) is 0 Å². The summed E-state index contributed by atoms with van der Waals surface area (Å²) in [6.07, 6.45) is 0. The van der Waals surface area contributed by atoms with Gasteiger partial charge in [-0.25, -0.2) is 4.98 Å². The number of nitrogens with one attached hydrogen (secondary N) is 2. The highest BCUT2D eigenvalue weighted by Gasteiger charge is 2.16. The summed E-state index contributed by atoms with van der Waals surface area (Å²) in [5.41, 5.74) is 4.17. The van der Waals surface area contributed by atoms with Gasteiger partial charge in [-0.05, 0) is 53.2 Å². The van der Waals surface area contributed by atoms with E-state index in [1.54, 1.807) is 0 Å². The average molecular weight is 288 g/mol. The van der Waals surface area contributed by atoms with E-state index in [0.29, 0.717) is 18.3 Å². The van der Waals surface area contributed by atoms with Crippen LogP contribution in [-0.2, 0) is 6.54 Å². The average Bonchev–Trinajstić information content (AvgIpc) is 2.72. The molecular weight excluding hydrogens is 264 g/mol. The predicted molar refractivity (Wildman–Crippen MR) is 83.7 cm³/mol. The van der Waals surface area contributed by atoms with Crippen LogP contribution in [0.1, 0.15) is 43.3 Å². The number of hydrogen-bond donors (Lipinski definition) is 2. The summed E-state index contributed by atoms with van der Waals surface area (Å²) in [4.78, 5) is 4.52. The van der Waals surface area contributed by atoms with E-state index >= 15 is 0 Å². The van der Waals surface area contributed by atoms with Gasteiger partial charge < -0.3 is 10.1 Å². The van der Waals surface area contributed by atoms with Crippen LogP contribution in [0.5, 0.6) is 11.8 Å². The first-order valence-electron chi connectivity index (χ1n) is 7.16. The summed E-state index contributed by atoms with van der Waals surface area (Å²) >= 11 is 0. The summed E-state index contributed by atoms with van der Waals surface area (Å²) in [6.45, 7) is 13.1. The Bertz CT molecular complexity index is 626. The first-order chi connectivity index (χ1) is 9.74. The largest absolute Gasteiger partial charge is 0.419 e. The van der Waals surface area contributed by atoms with Crippen LogP contribution in [0.25, 0.3) is 0 Å². The molecule has 0 saturated heterocycles. The standard InChI is InChI=1S/C16H24N4O/c1-10-7-11(2)18-15(13(10)9-17-16(4,5)6)21-14-8-12(3)19-20-14/h7-8,17H,9H2,1-6H3,(H,19,20). The van der Waals surface area contributed by atoms with Gasteiger partial charge in [-0.1, -0.05) is 0 Å². The zero-order chi connectivity index (χ0) is 15.6. The molecule has 114 valence electrons. The maximum absolute atomic E-state index is 5.86. The molecule has 0 atom stereocenters. The number of rotatable bonds is 4. The molecule has 2 aromatic rings. The monoisotopic (exact) mass is 288 g/mol. The first-order valence-corrected chi connectivity index (χ1v) is 7.16. The van der Waals surface area contributed by atoms with E-state index in [4.69, 9.17) is 4.74 Å². The maximum Gasteiger partial charge on any atom is 0.240 e. The molecule has 0 unspecified atom stereocenters. The van der Waals surface area contributed by atoms with Crippen molar-refractivity contribution in [3.63, 3.8) is 0 Å². The van der Waals surface area contributed by atoms with Gasteiger partial charge in [0.05, 0.1) is 0 Å². The Balaban J connectivity index is 2.29.